The van der Waals surface area contributed by atoms with Gasteiger partial charge in [-0.2, -0.15) is 0 Å². The van der Waals surface area contributed by atoms with Gasteiger partial charge < -0.3 is 18.6 Å². The van der Waals surface area contributed by atoms with Crippen LogP contribution in [0.1, 0.15) is 19.4 Å². The van der Waals surface area contributed by atoms with Gasteiger partial charge in [0, 0.05) is 5.56 Å². The number of aryl methyl sites for hydroxylation is 1. The van der Waals surface area contributed by atoms with E-state index in [1.807, 2.05) is 13.0 Å². The molecule has 1 aromatic heterocycles. The highest BCUT2D eigenvalue weighted by atomic mass is 16.6. The maximum atomic E-state index is 13.2. The second-order valence-corrected chi connectivity index (χ2v) is 6.33. The molecule has 2 aromatic carbocycles. The van der Waals surface area contributed by atoms with Gasteiger partial charge in [0.25, 0.3) is 0 Å². The third kappa shape index (κ3) is 3.86. The topological polar surface area (TPSA) is 75.0 Å². The van der Waals surface area contributed by atoms with E-state index in [4.69, 9.17) is 18.6 Å². The Morgan fingerprint density at radius 1 is 1.14 bits per heavy atom. The number of fused-ring (bicyclic) bond motifs is 1. The van der Waals surface area contributed by atoms with Crippen LogP contribution >= 0.6 is 0 Å². The zero-order valence-corrected chi connectivity index (χ0v) is 16.3. The van der Waals surface area contributed by atoms with Gasteiger partial charge in [-0.25, -0.2) is 4.79 Å². The lowest BCUT2D eigenvalue weighted by atomic mass is 10.1. The van der Waals surface area contributed by atoms with Crippen LogP contribution in [0.3, 0.4) is 0 Å². The number of carbonyl (C=O) groups excluding carboxylic acids is 1. The van der Waals surface area contributed by atoms with Gasteiger partial charge in [-0.15, -0.1) is 0 Å². The van der Waals surface area contributed by atoms with Crippen molar-refractivity contribution in [2.45, 2.75) is 26.9 Å². The van der Waals surface area contributed by atoms with Crippen LogP contribution < -0.4 is 14.9 Å². The van der Waals surface area contributed by atoms with Gasteiger partial charge in [0.15, 0.2) is 11.9 Å². The largest absolute Gasteiger partial charge is 0.497 e. The fraction of sp³-hybridized carbons (Fsp3) is 0.273. The van der Waals surface area contributed by atoms with E-state index in [-0.39, 0.29) is 23.5 Å². The zero-order valence-electron chi connectivity index (χ0n) is 16.3. The Morgan fingerprint density at radius 2 is 1.86 bits per heavy atom. The molecule has 0 unspecified atom stereocenters. The molecule has 28 heavy (non-hydrogen) atoms. The highest BCUT2D eigenvalue weighted by Crippen LogP contribution is 2.32. The third-order valence-corrected chi connectivity index (χ3v) is 4.27. The van der Waals surface area contributed by atoms with Crippen LogP contribution in [0, 0.1) is 6.92 Å². The molecule has 0 fully saturated rings. The summed E-state index contributed by atoms with van der Waals surface area (Å²) >= 11 is 0. The number of esters is 1. The normalized spacial score (nSPS) is 11.9. The van der Waals surface area contributed by atoms with Crippen LogP contribution in [-0.4, -0.2) is 25.8 Å². The highest BCUT2D eigenvalue weighted by Gasteiger charge is 2.23. The number of methoxy groups -OCH3 is 1. The molecule has 3 rings (SSSR count). The summed E-state index contributed by atoms with van der Waals surface area (Å²) in [7, 11) is 1.57. The van der Waals surface area contributed by atoms with Gasteiger partial charge in [-0.05, 0) is 57.2 Å². The summed E-state index contributed by atoms with van der Waals surface area (Å²) in [6, 6.07) is 12.4. The van der Waals surface area contributed by atoms with Gasteiger partial charge in [0.05, 0.1) is 19.1 Å². The number of benzene rings is 2. The van der Waals surface area contributed by atoms with E-state index < -0.39 is 12.1 Å². The fourth-order valence-electron chi connectivity index (χ4n) is 2.82. The number of hydrogen-bond acceptors (Lipinski definition) is 6. The number of hydrogen-bond donors (Lipinski definition) is 0. The summed E-state index contributed by atoms with van der Waals surface area (Å²) in [5.41, 5.74) is 1.65. The first-order chi connectivity index (χ1) is 13.4. The molecule has 1 atom stereocenters. The summed E-state index contributed by atoms with van der Waals surface area (Å²) < 4.78 is 21.9. The Kier molecular flexibility index (Phi) is 5.68. The first-order valence-electron chi connectivity index (χ1n) is 8.99. The molecule has 146 valence electrons. The Bertz CT molecular complexity index is 1050. The van der Waals surface area contributed by atoms with E-state index >= 15 is 0 Å². The van der Waals surface area contributed by atoms with Gasteiger partial charge in [0.2, 0.25) is 11.2 Å². The van der Waals surface area contributed by atoms with Gasteiger partial charge in [-0.1, -0.05) is 11.6 Å². The predicted octanol–water partition coefficient (Wildman–Crippen LogP) is 4.11. The predicted molar refractivity (Wildman–Crippen MR) is 106 cm³/mol. The molecule has 0 N–H and O–H groups in total. The number of rotatable bonds is 6. The van der Waals surface area contributed by atoms with Crippen molar-refractivity contribution >= 4 is 16.9 Å². The average molecular weight is 382 g/mol. The summed E-state index contributed by atoms with van der Waals surface area (Å²) in [6.07, 6.45) is -0.956. The summed E-state index contributed by atoms with van der Waals surface area (Å²) in [4.78, 5) is 25.2. The van der Waals surface area contributed by atoms with Crippen molar-refractivity contribution in [1.82, 2.24) is 0 Å². The van der Waals surface area contributed by atoms with E-state index in [1.165, 1.54) is 6.92 Å². The van der Waals surface area contributed by atoms with Crippen molar-refractivity contribution in [3.05, 3.63) is 58.3 Å². The molecule has 0 radical (unpaired) electrons. The molecule has 0 aliphatic heterocycles. The molecular formula is C22H22O6. The lowest BCUT2D eigenvalue weighted by Crippen LogP contribution is -2.28. The van der Waals surface area contributed by atoms with Gasteiger partial charge in [0.1, 0.15) is 11.3 Å². The van der Waals surface area contributed by atoms with Gasteiger partial charge in [-0.3, -0.25) is 4.79 Å². The van der Waals surface area contributed by atoms with Crippen LogP contribution in [0.25, 0.3) is 22.3 Å². The monoisotopic (exact) mass is 382 g/mol. The molecule has 1 heterocycles. The molecule has 6 heteroatoms. The standard InChI is InChI=1S/C22H22O6/c1-5-26-22(24)14(3)27-21-19(23)17-12-13(2)6-11-18(17)28-20(21)15-7-9-16(25-4)10-8-15/h6-12,14H,5H2,1-4H3/t14-/m0/s1. The molecule has 0 aliphatic rings. The minimum atomic E-state index is -0.956. The van der Waals surface area contributed by atoms with Crippen molar-refractivity contribution in [1.29, 1.82) is 0 Å². The van der Waals surface area contributed by atoms with Crippen LogP contribution in [0.4, 0.5) is 0 Å². The maximum Gasteiger partial charge on any atom is 0.347 e. The number of carbonyl (C=O) groups is 1. The minimum Gasteiger partial charge on any atom is -0.497 e. The Labute approximate surface area is 162 Å². The third-order valence-electron chi connectivity index (χ3n) is 4.27. The quantitative estimate of drug-likeness (QED) is 0.597. The second-order valence-electron chi connectivity index (χ2n) is 6.33. The SMILES string of the molecule is CCOC(=O)[C@H](C)Oc1c(-c2ccc(OC)cc2)oc2ccc(C)cc2c1=O. The molecule has 0 aliphatic carbocycles. The molecule has 0 spiro atoms. The molecule has 0 saturated carbocycles. The lowest BCUT2D eigenvalue weighted by molar-refractivity contribution is -0.150. The van der Waals surface area contributed by atoms with Crippen LogP contribution in [-0.2, 0) is 9.53 Å². The maximum absolute atomic E-state index is 13.2. The van der Waals surface area contributed by atoms with Crippen molar-refractivity contribution in [3.8, 4) is 22.8 Å². The van der Waals surface area contributed by atoms with E-state index in [1.54, 1.807) is 50.4 Å². The lowest BCUT2D eigenvalue weighted by Gasteiger charge is -2.16. The van der Waals surface area contributed by atoms with Crippen LogP contribution in [0.2, 0.25) is 0 Å². The Hall–Kier alpha value is -3.28. The number of ether oxygens (including phenoxy) is 3. The average Bonchev–Trinajstić information content (AvgIpc) is 2.70. The fourth-order valence-corrected chi connectivity index (χ4v) is 2.82. The zero-order chi connectivity index (χ0) is 20.3. The highest BCUT2D eigenvalue weighted by molar-refractivity contribution is 5.83. The van der Waals surface area contributed by atoms with E-state index in [0.717, 1.165) is 5.56 Å². The molecule has 0 amide bonds. The van der Waals surface area contributed by atoms with Crippen molar-refractivity contribution < 1.29 is 23.4 Å². The molecule has 0 bridgehead atoms. The summed E-state index contributed by atoms with van der Waals surface area (Å²) in [6.45, 7) is 5.36. The van der Waals surface area contributed by atoms with E-state index in [9.17, 15) is 9.59 Å². The van der Waals surface area contributed by atoms with Crippen molar-refractivity contribution in [2.24, 2.45) is 0 Å². The minimum absolute atomic E-state index is 0.0242. The second kappa shape index (κ2) is 8.17. The Morgan fingerprint density at radius 3 is 2.50 bits per heavy atom. The van der Waals surface area contributed by atoms with Gasteiger partial charge >= 0.3 is 5.97 Å². The van der Waals surface area contributed by atoms with Crippen LogP contribution in [0.15, 0.2) is 51.7 Å². The van der Waals surface area contributed by atoms with Crippen molar-refractivity contribution in [2.75, 3.05) is 13.7 Å². The molecular weight excluding hydrogens is 360 g/mol. The molecule has 0 saturated heterocycles. The first-order valence-corrected chi connectivity index (χ1v) is 8.99. The molecule has 6 nitrogen and oxygen atoms in total. The first kappa shape index (κ1) is 19.5. The summed E-state index contributed by atoms with van der Waals surface area (Å²) in [5, 5.41) is 0.392. The van der Waals surface area contributed by atoms with Crippen LogP contribution in [0.5, 0.6) is 11.5 Å². The smallest absolute Gasteiger partial charge is 0.347 e. The molecule has 3 aromatic rings. The van der Waals surface area contributed by atoms with Crippen molar-refractivity contribution in [3.63, 3.8) is 0 Å². The van der Waals surface area contributed by atoms with E-state index in [2.05, 4.69) is 0 Å². The van der Waals surface area contributed by atoms with E-state index in [0.29, 0.717) is 22.3 Å². The Balaban J connectivity index is 2.17. The summed E-state index contributed by atoms with van der Waals surface area (Å²) in [5.74, 6) is 0.348.